The van der Waals surface area contributed by atoms with Gasteiger partial charge in [-0.2, -0.15) is 0 Å². The minimum atomic E-state index is -0.955. The van der Waals surface area contributed by atoms with Crippen LogP contribution in [0.2, 0.25) is 0 Å². The second-order valence-corrected chi connectivity index (χ2v) is 3.84. The van der Waals surface area contributed by atoms with E-state index in [4.69, 9.17) is 5.11 Å². The van der Waals surface area contributed by atoms with Crippen molar-refractivity contribution in [3.63, 3.8) is 0 Å². The first-order valence-electron chi connectivity index (χ1n) is 5.44. The highest BCUT2D eigenvalue weighted by Gasteiger charge is 2.15. The van der Waals surface area contributed by atoms with Crippen LogP contribution >= 0.6 is 0 Å². The number of hydrogen-bond acceptors (Lipinski definition) is 2. The molecule has 5 heteroatoms. The van der Waals surface area contributed by atoms with E-state index in [1.54, 1.807) is 0 Å². The van der Waals surface area contributed by atoms with Gasteiger partial charge in [-0.05, 0) is 24.1 Å². The van der Waals surface area contributed by atoms with Crippen molar-refractivity contribution in [1.29, 1.82) is 0 Å². The molecule has 1 rings (SSSR count). The molecule has 1 aromatic rings. The lowest BCUT2D eigenvalue weighted by Crippen LogP contribution is -2.36. The smallest absolute Gasteiger partial charge is 0.320 e. The Bertz CT molecular complexity index is 376. The lowest BCUT2D eigenvalue weighted by atomic mass is 10.1. The van der Waals surface area contributed by atoms with Gasteiger partial charge in [0.2, 0.25) is 0 Å². The monoisotopic (exact) mass is 243 g/mol. The van der Waals surface area contributed by atoms with Crippen LogP contribution in [0.4, 0.5) is 8.78 Å². The quantitative estimate of drug-likeness (QED) is 0.806. The van der Waals surface area contributed by atoms with Gasteiger partial charge in [0, 0.05) is 12.6 Å². The predicted octanol–water partition coefficient (Wildman–Crippen LogP) is 2.31. The van der Waals surface area contributed by atoms with Crippen LogP contribution in [0.1, 0.15) is 25.3 Å². The summed E-state index contributed by atoms with van der Waals surface area (Å²) in [6.07, 6.45) is 1.20. The molecular weight excluding hydrogens is 228 g/mol. The van der Waals surface area contributed by atoms with E-state index in [1.165, 1.54) is 12.1 Å². The number of carbonyl (C=O) groups is 1. The molecule has 1 aromatic carbocycles. The van der Waals surface area contributed by atoms with Crippen LogP contribution < -0.4 is 5.32 Å². The topological polar surface area (TPSA) is 49.3 Å². The molecule has 94 valence electrons. The van der Waals surface area contributed by atoms with Gasteiger partial charge < -0.3 is 10.4 Å². The summed E-state index contributed by atoms with van der Waals surface area (Å²) in [4.78, 5) is 10.8. The Morgan fingerprint density at radius 1 is 1.35 bits per heavy atom. The van der Waals surface area contributed by atoms with E-state index in [9.17, 15) is 13.6 Å². The normalized spacial score (nSPS) is 12.4. The summed E-state index contributed by atoms with van der Waals surface area (Å²) in [5.41, 5.74) is 0.393. The third kappa shape index (κ3) is 4.48. The third-order valence-electron chi connectivity index (χ3n) is 2.35. The molecule has 0 heterocycles. The largest absolute Gasteiger partial charge is 0.480 e. The van der Waals surface area contributed by atoms with Crippen LogP contribution in [0.15, 0.2) is 18.2 Å². The van der Waals surface area contributed by atoms with Crippen molar-refractivity contribution in [2.75, 3.05) is 0 Å². The Kier molecular flexibility index (Phi) is 5.03. The number of halogens is 2. The second kappa shape index (κ2) is 6.30. The van der Waals surface area contributed by atoms with E-state index >= 15 is 0 Å². The van der Waals surface area contributed by atoms with Crippen molar-refractivity contribution in [1.82, 2.24) is 5.32 Å². The zero-order chi connectivity index (χ0) is 12.8. The average Bonchev–Trinajstić information content (AvgIpc) is 2.22. The fraction of sp³-hybridized carbons (Fsp3) is 0.417. The molecule has 0 amide bonds. The molecule has 0 bridgehead atoms. The fourth-order valence-corrected chi connectivity index (χ4v) is 1.56. The maximum atomic E-state index is 12.9. The zero-order valence-electron chi connectivity index (χ0n) is 9.54. The summed E-state index contributed by atoms with van der Waals surface area (Å²) in [5, 5.41) is 11.6. The number of benzene rings is 1. The number of carboxylic acids is 1. The number of rotatable bonds is 6. The number of aliphatic carboxylic acids is 1. The molecule has 0 aliphatic heterocycles. The fourth-order valence-electron chi connectivity index (χ4n) is 1.56. The molecule has 0 spiro atoms. The molecule has 3 nitrogen and oxygen atoms in total. The second-order valence-electron chi connectivity index (χ2n) is 3.84. The minimum absolute atomic E-state index is 0.131. The molecule has 0 saturated heterocycles. The van der Waals surface area contributed by atoms with Crippen molar-refractivity contribution in [2.24, 2.45) is 0 Å². The summed E-state index contributed by atoms with van der Waals surface area (Å²) in [7, 11) is 0. The van der Waals surface area contributed by atoms with Crippen molar-refractivity contribution < 1.29 is 18.7 Å². The van der Waals surface area contributed by atoms with Crippen LogP contribution in [0.5, 0.6) is 0 Å². The molecule has 0 aliphatic carbocycles. The Balaban J connectivity index is 2.61. The number of hydrogen-bond donors (Lipinski definition) is 2. The van der Waals surface area contributed by atoms with Crippen LogP contribution in [-0.2, 0) is 11.3 Å². The summed E-state index contributed by atoms with van der Waals surface area (Å²) in [5.74, 6) is -2.28. The van der Waals surface area contributed by atoms with E-state index < -0.39 is 23.6 Å². The van der Waals surface area contributed by atoms with E-state index in [-0.39, 0.29) is 6.54 Å². The predicted molar refractivity (Wildman–Crippen MR) is 59.5 cm³/mol. The lowest BCUT2D eigenvalue weighted by Gasteiger charge is -2.13. The lowest BCUT2D eigenvalue weighted by molar-refractivity contribution is -0.139. The van der Waals surface area contributed by atoms with Gasteiger partial charge in [0.15, 0.2) is 0 Å². The van der Waals surface area contributed by atoms with Crippen molar-refractivity contribution in [2.45, 2.75) is 32.4 Å². The van der Waals surface area contributed by atoms with E-state index in [0.717, 1.165) is 12.5 Å². The molecule has 0 radical (unpaired) electrons. The number of nitrogens with one attached hydrogen (secondary N) is 1. The van der Waals surface area contributed by atoms with Crippen molar-refractivity contribution in [3.8, 4) is 0 Å². The van der Waals surface area contributed by atoms with E-state index in [2.05, 4.69) is 5.32 Å². The van der Waals surface area contributed by atoms with Gasteiger partial charge in [0.25, 0.3) is 0 Å². The molecule has 2 N–H and O–H groups in total. The molecule has 17 heavy (non-hydrogen) atoms. The maximum Gasteiger partial charge on any atom is 0.320 e. The Hall–Kier alpha value is -1.49. The first-order valence-corrected chi connectivity index (χ1v) is 5.44. The van der Waals surface area contributed by atoms with Gasteiger partial charge in [0.1, 0.15) is 17.7 Å². The third-order valence-corrected chi connectivity index (χ3v) is 2.35. The highest BCUT2D eigenvalue weighted by Crippen LogP contribution is 2.08. The first kappa shape index (κ1) is 13.6. The molecule has 0 fully saturated rings. The molecule has 0 aliphatic rings. The van der Waals surface area contributed by atoms with Gasteiger partial charge in [-0.3, -0.25) is 4.79 Å². The summed E-state index contributed by atoms with van der Waals surface area (Å²) in [6, 6.07) is 2.46. The van der Waals surface area contributed by atoms with Crippen molar-refractivity contribution >= 4 is 5.97 Å². The van der Waals surface area contributed by atoms with Gasteiger partial charge in [-0.1, -0.05) is 13.3 Å². The average molecular weight is 243 g/mol. The summed E-state index contributed by atoms with van der Waals surface area (Å²) >= 11 is 0. The Labute approximate surface area is 98.5 Å². The van der Waals surface area contributed by atoms with Gasteiger partial charge in [-0.15, -0.1) is 0 Å². The van der Waals surface area contributed by atoms with E-state index in [1.807, 2.05) is 6.92 Å². The molecule has 1 atom stereocenters. The van der Waals surface area contributed by atoms with Crippen LogP contribution in [0.3, 0.4) is 0 Å². The molecule has 0 aromatic heterocycles. The van der Waals surface area contributed by atoms with Gasteiger partial charge in [-0.25, -0.2) is 8.78 Å². The molecule has 0 saturated carbocycles. The zero-order valence-corrected chi connectivity index (χ0v) is 9.54. The molecular formula is C12H15F2NO2. The minimum Gasteiger partial charge on any atom is -0.480 e. The highest BCUT2D eigenvalue weighted by molar-refractivity contribution is 5.73. The van der Waals surface area contributed by atoms with Crippen LogP contribution in [-0.4, -0.2) is 17.1 Å². The SMILES string of the molecule is CCC[C@H](NCc1cc(F)cc(F)c1)C(=O)O. The van der Waals surface area contributed by atoms with Crippen LogP contribution in [0, 0.1) is 11.6 Å². The van der Waals surface area contributed by atoms with E-state index in [0.29, 0.717) is 12.0 Å². The first-order chi connectivity index (χ1) is 8.02. The molecule has 0 unspecified atom stereocenters. The maximum absolute atomic E-state index is 12.9. The van der Waals surface area contributed by atoms with Crippen LogP contribution in [0.25, 0.3) is 0 Å². The summed E-state index contributed by atoms with van der Waals surface area (Å²) < 4.78 is 25.7. The Morgan fingerprint density at radius 2 is 1.94 bits per heavy atom. The summed E-state index contributed by atoms with van der Waals surface area (Å²) in [6.45, 7) is 2.01. The van der Waals surface area contributed by atoms with Gasteiger partial charge in [0.05, 0.1) is 0 Å². The highest BCUT2D eigenvalue weighted by atomic mass is 19.1. The number of carboxylic acid groups (broad SMARTS) is 1. The van der Waals surface area contributed by atoms with Crippen molar-refractivity contribution in [3.05, 3.63) is 35.4 Å². The Morgan fingerprint density at radius 3 is 2.41 bits per heavy atom. The standard InChI is InChI=1S/C12H15F2NO2/c1-2-3-11(12(16)17)15-7-8-4-9(13)6-10(14)5-8/h4-6,11,15H,2-3,7H2,1H3,(H,16,17)/t11-/m0/s1. The van der Waals surface area contributed by atoms with Gasteiger partial charge >= 0.3 is 5.97 Å².